The lowest BCUT2D eigenvalue weighted by molar-refractivity contribution is 0.253. The lowest BCUT2D eigenvalue weighted by Gasteiger charge is -2.23. The maximum Gasteiger partial charge on any atom is 0.191 e. The van der Waals surface area contributed by atoms with Gasteiger partial charge in [0, 0.05) is 18.6 Å². The van der Waals surface area contributed by atoms with Gasteiger partial charge in [-0.1, -0.05) is 17.7 Å². The van der Waals surface area contributed by atoms with Crippen molar-refractivity contribution >= 4 is 5.96 Å². The van der Waals surface area contributed by atoms with Crippen LogP contribution in [0.2, 0.25) is 0 Å². The molecule has 24 heavy (non-hydrogen) atoms. The average Bonchev–Trinajstić information content (AvgIpc) is 3.42. The minimum Gasteiger partial charge on any atom is -0.492 e. The van der Waals surface area contributed by atoms with Crippen LogP contribution in [-0.4, -0.2) is 56.2 Å². The van der Waals surface area contributed by atoms with Crippen molar-refractivity contribution < 1.29 is 4.74 Å². The molecule has 0 aliphatic heterocycles. The summed E-state index contributed by atoms with van der Waals surface area (Å²) in [7, 11) is 2.20. The molecule has 134 valence electrons. The first-order valence-corrected chi connectivity index (χ1v) is 9.03. The zero-order valence-electron chi connectivity index (χ0n) is 15.5. The predicted octanol–water partition coefficient (Wildman–Crippen LogP) is 2.41. The number of guanidine groups is 1. The maximum absolute atomic E-state index is 5.74. The number of aliphatic imine (C=N–C) groups is 1. The van der Waals surface area contributed by atoms with E-state index in [2.05, 4.69) is 55.5 Å². The van der Waals surface area contributed by atoms with Gasteiger partial charge < -0.3 is 15.4 Å². The monoisotopic (exact) mass is 332 g/mol. The van der Waals surface area contributed by atoms with Crippen molar-refractivity contribution in [2.24, 2.45) is 4.99 Å². The van der Waals surface area contributed by atoms with Gasteiger partial charge in [0.1, 0.15) is 12.4 Å². The molecule has 1 unspecified atom stereocenters. The SMILES string of the molecule is CCNC(=NCC(C)N(C)C1CC1)NCCOc1ccc(C)cc1. The van der Waals surface area contributed by atoms with Gasteiger partial charge >= 0.3 is 0 Å². The summed E-state index contributed by atoms with van der Waals surface area (Å²) in [4.78, 5) is 7.14. The number of hydrogen-bond acceptors (Lipinski definition) is 3. The highest BCUT2D eigenvalue weighted by atomic mass is 16.5. The Morgan fingerprint density at radius 2 is 2.00 bits per heavy atom. The van der Waals surface area contributed by atoms with E-state index in [1.54, 1.807) is 0 Å². The molecule has 1 aromatic rings. The van der Waals surface area contributed by atoms with Gasteiger partial charge in [0.15, 0.2) is 5.96 Å². The fraction of sp³-hybridized carbons (Fsp3) is 0.632. The van der Waals surface area contributed by atoms with Gasteiger partial charge in [0.2, 0.25) is 0 Å². The van der Waals surface area contributed by atoms with Crippen molar-refractivity contribution in [3.63, 3.8) is 0 Å². The number of ether oxygens (including phenoxy) is 1. The van der Waals surface area contributed by atoms with Crippen molar-refractivity contribution in [1.82, 2.24) is 15.5 Å². The van der Waals surface area contributed by atoms with E-state index in [9.17, 15) is 0 Å². The predicted molar refractivity (Wildman–Crippen MR) is 101 cm³/mol. The summed E-state index contributed by atoms with van der Waals surface area (Å²) >= 11 is 0. The molecule has 0 bridgehead atoms. The number of benzene rings is 1. The highest BCUT2D eigenvalue weighted by Crippen LogP contribution is 2.26. The number of aryl methyl sites for hydroxylation is 1. The number of hydrogen-bond donors (Lipinski definition) is 2. The summed E-state index contributed by atoms with van der Waals surface area (Å²) in [5.74, 6) is 1.77. The van der Waals surface area contributed by atoms with Gasteiger partial charge in [-0.3, -0.25) is 9.89 Å². The molecule has 0 spiro atoms. The molecule has 1 fully saturated rings. The molecule has 1 aliphatic rings. The van der Waals surface area contributed by atoms with Crippen LogP contribution in [0.5, 0.6) is 5.75 Å². The van der Waals surface area contributed by atoms with Crippen LogP contribution in [0.3, 0.4) is 0 Å². The molecule has 5 nitrogen and oxygen atoms in total. The maximum atomic E-state index is 5.74. The molecule has 1 atom stereocenters. The molecule has 0 heterocycles. The first-order valence-electron chi connectivity index (χ1n) is 9.03. The molecule has 1 aliphatic carbocycles. The van der Waals surface area contributed by atoms with E-state index in [-0.39, 0.29) is 0 Å². The zero-order valence-corrected chi connectivity index (χ0v) is 15.5. The first-order chi connectivity index (χ1) is 11.6. The second-order valence-corrected chi connectivity index (χ2v) is 6.55. The van der Waals surface area contributed by atoms with Gasteiger partial charge in [-0.25, -0.2) is 0 Å². The van der Waals surface area contributed by atoms with Crippen LogP contribution < -0.4 is 15.4 Å². The molecule has 1 saturated carbocycles. The van der Waals surface area contributed by atoms with Crippen molar-refractivity contribution in [2.75, 3.05) is 33.3 Å². The van der Waals surface area contributed by atoms with Crippen LogP contribution in [0.1, 0.15) is 32.3 Å². The summed E-state index contributed by atoms with van der Waals surface area (Å²) in [5, 5.41) is 6.63. The highest BCUT2D eigenvalue weighted by molar-refractivity contribution is 5.79. The van der Waals surface area contributed by atoms with Crippen molar-refractivity contribution in [3.05, 3.63) is 29.8 Å². The van der Waals surface area contributed by atoms with E-state index in [0.717, 1.165) is 37.4 Å². The quantitative estimate of drug-likeness (QED) is 0.414. The minimum absolute atomic E-state index is 0.469. The second-order valence-electron chi connectivity index (χ2n) is 6.55. The van der Waals surface area contributed by atoms with Gasteiger partial charge in [-0.15, -0.1) is 0 Å². The van der Waals surface area contributed by atoms with Gasteiger partial charge in [0.25, 0.3) is 0 Å². The Kier molecular flexibility index (Phi) is 7.37. The number of nitrogens with one attached hydrogen (secondary N) is 2. The van der Waals surface area contributed by atoms with E-state index < -0.39 is 0 Å². The topological polar surface area (TPSA) is 48.9 Å². The zero-order chi connectivity index (χ0) is 17.4. The second kappa shape index (κ2) is 9.52. The molecule has 2 rings (SSSR count). The molecule has 0 radical (unpaired) electrons. The van der Waals surface area contributed by atoms with Gasteiger partial charge in [-0.2, -0.15) is 0 Å². The molecular formula is C19H32N4O. The van der Waals surface area contributed by atoms with Crippen LogP contribution in [0.4, 0.5) is 0 Å². The standard InChI is InChI=1S/C19H32N4O/c1-5-20-19(22-14-16(3)23(4)17-8-9-17)21-12-13-24-18-10-6-15(2)7-11-18/h6-7,10-11,16-17H,5,8-9,12-14H2,1-4H3,(H2,20,21,22). The Labute approximate surface area is 146 Å². The third-order valence-corrected chi connectivity index (χ3v) is 4.36. The molecule has 1 aromatic carbocycles. The third kappa shape index (κ3) is 6.40. The number of rotatable bonds is 9. The third-order valence-electron chi connectivity index (χ3n) is 4.36. The Morgan fingerprint density at radius 3 is 2.62 bits per heavy atom. The molecule has 0 saturated heterocycles. The lowest BCUT2D eigenvalue weighted by Crippen LogP contribution is -2.41. The Balaban J connectivity index is 1.71. The van der Waals surface area contributed by atoms with Crippen LogP contribution in [0.15, 0.2) is 29.3 Å². The fourth-order valence-electron chi connectivity index (χ4n) is 2.51. The smallest absolute Gasteiger partial charge is 0.191 e. The number of nitrogens with zero attached hydrogens (tertiary/aromatic N) is 2. The lowest BCUT2D eigenvalue weighted by atomic mass is 10.2. The van der Waals surface area contributed by atoms with Crippen LogP contribution in [0, 0.1) is 6.92 Å². The Bertz CT molecular complexity index is 511. The molecule has 0 aromatic heterocycles. The summed E-state index contributed by atoms with van der Waals surface area (Å²) in [6.07, 6.45) is 2.67. The van der Waals surface area contributed by atoms with Crippen LogP contribution in [0.25, 0.3) is 0 Å². The minimum atomic E-state index is 0.469. The van der Waals surface area contributed by atoms with Gasteiger partial charge in [0.05, 0.1) is 13.1 Å². The van der Waals surface area contributed by atoms with Crippen molar-refractivity contribution in [3.8, 4) is 5.75 Å². The molecular weight excluding hydrogens is 300 g/mol. The van der Waals surface area contributed by atoms with Gasteiger partial charge in [-0.05, 0) is 52.8 Å². The Hall–Kier alpha value is -1.75. The summed E-state index contributed by atoms with van der Waals surface area (Å²) in [6, 6.07) is 9.37. The van der Waals surface area contributed by atoms with E-state index in [1.165, 1.54) is 18.4 Å². The van der Waals surface area contributed by atoms with E-state index in [1.807, 2.05) is 12.1 Å². The van der Waals surface area contributed by atoms with E-state index >= 15 is 0 Å². The first kappa shape index (κ1) is 18.6. The highest BCUT2D eigenvalue weighted by Gasteiger charge is 2.28. The van der Waals surface area contributed by atoms with Crippen LogP contribution in [-0.2, 0) is 0 Å². The van der Waals surface area contributed by atoms with Crippen molar-refractivity contribution in [1.29, 1.82) is 0 Å². The summed E-state index contributed by atoms with van der Waals surface area (Å²) in [6.45, 7) is 9.41. The van der Waals surface area contributed by atoms with E-state index in [0.29, 0.717) is 12.6 Å². The molecule has 5 heteroatoms. The number of likely N-dealkylation sites (N-methyl/N-ethyl adjacent to an activating group) is 1. The summed E-state index contributed by atoms with van der Waals surface area (Å²) in [5.41, 5.74) is 1.24. The fourth-order valence-corrected chi connectivity index (χ4v) is 2.51. The van der Waals surface area contributed by atoms with E-state index in [4.69, 9.17) is 9.73 Å². The molecule has 0 amide bonds. The Morgan fingerprint density at radius 1 is 1.29 bits per heavy atom. The normalized spacial score (nSPS) is 16.1. The summed E-state index contributed by atoms with van der Waals surface area (Å²) < 4.78 is 5.74. The average molecular weight is 332 g/mol. The van der Waals surface area contributed by atoms with Crippen LogP contribution >= 0.6 is 0 Å². The largest absolute Gasteiger partial charge is 0.492 e. The van der Waals surface area contributed by atoms with Crippen molar-refractivity contribution in [2.45, 2.75) is 45.7 Å². The molecule has 2 N–H and O–H groups in total.